The minimum atomic E-state index is -0.606. The van der Waals surface area contributed by atoms with Gasteiger partial charge >= 0.3 is 0 Å². The summed E-state index contributed by atoms with van der Waals surface area (Å²) < 4.78 is 0. The number of nitrogens with zero attached hydrogens (tertiary/aromatic N) is 2. The first-order valence-corrected chi connectivity index (χ1v) is 4.46. The van der Waals surface area contributed by atoms with Crippen LogP contribution in [-0.2, 0) is 0 Å². The lowest BCUT2D eigenvalue weighted by molar-refractivity contribution is -0.385. The van der Waals surface area contributed by atoms with Crippen molar-refractivity contribution in [1.82, 2.24) is 0 Å². The molecule has 0 amide bonds. The van der Waals surface area contributed by atoms with E-state index in [2.05, 4.69) is 0 Å². The normalized spacial score (nSPS) is 9.94. The highest BCUT2D eigenvalue weighted by Gasteiger charge is 2.12. The van der Waals surface area contributed by atoms with E-state index < -0.39 is 4.92 Å². The molecule has 80 valence electrons. The number of rotatable bonds is 4. The summed E-state index contributed by atoms with van der Waals surface area (Å²) in [6.07, 6.45) is 3.88. The lowest BCUT2D eigenvalue weighted by Crippen LogP contribution is -1.94. The summed E-state index contributed by atoms with van der Waals surface area (Å²) in [7, 11) is 0. The molecule has 1 aromatic rings. The molecule has 0 unspecified atom stereocenters. The molecule has 0 aliphatic carbocycles. The molecule has 0 aliphatic rings. The fraction of sp³-hybridized carbons (Fsp3) is 0.0909. The Bertz CT molecular complexity index is 486. The molecule has 1 aromatic carbocycles. The van der Waals surface area contributed by atoms with Crippen LogP contribution in [0.1, 0.15) is 22.3 Å². The first-order chi connectivity index (χ1) is 7.69. The van der Waals surface area contributed by atoms with Crippen LogP contribution in [0.25, 0.3) is 6.08 Å². The molecule has 0 bridgehead atoms. The van der Waals surface area contributed by atoms with E-state index in [0.717, 1.165) is 0 Å². The van der Waals surface area contributed by atoms with Crippen molar-refractivity contribution in [3.63, 3.8) is 0 Å². The largest absolute Gasteiger partial charge is 0.298 e. The highest BCUT2D eigenvalue weighted by atomic mass is 16.6. The molecule has 0 aromatic heterocycles. The molecule has 0 saturated carbocycles. The SMILES string of the molecule is N#CCC=Cc1ccc(C=O)c([N+](=O)[O-])c1. The Hall–Kier alpha value is -2.48. The van der Waals surface area contributed by atoms with Gasteiger partial charge in [-0.25, -0.2) is 0 Å². The summed E-state index contributed by atoms with van der Waals surface area (Å²) in [6.45, 7) is 0. The summed E-state index contributed by atoms with van der Waals surface area (Å²) in [5.41, 5.74) is 0.407. The smallest absolute Gasteiger partial charge is 0.280 e. The minimum absolute atomic E-state index is 0.0439. The predicted molar refractivity (Wildman–Crippen MR) is 57.7 cm³/mol. The quantitative estimate of drug-likeness (QED) is 0.439. The Kier molecular flexibility index (Phi) is 3.92. The molecular formula is C11H8N2O3. The lowest BCUT2D eigenvalue weighted by Gasteiger charge is -1.97. The third-order valence-electron chi connectivity index (χ3n) is 1.90. The van der Waals surface area contributed by atoms with Gasteiger partial charge in [-0.1, -0.05) is 18.2 Å². The molecular weight excluding hydrogens is 208 g/mol. The molecule has 0 fully saturated rings. The Morgan fingerprint density at radius 2 is 2.25 bits per heavy atom. The van der Waals surface area contributed by atoms with Gasteiger partial charge in [0.05, 0.1) is 23.0 Å². The lowest BCUT2D eigenvalue weighted by atomic mass is 10.1. The highest BCUT2D eigenvalue weighted by Crippen LogP contribution is 2.19. The van der Waals surface area contributed by atoms with E-state index >= 15 is 0 Å². The summed E-state index contributed by atoms with van der Waals surface area (Å²) in [5.74, 6) is 0. The van der Waals surface area contributed by atoms with Crippen LogP contribution in [0.3, 0.4) is 0 Å². The first-order valence-electron chi connectivity index (χ1n) is 4.46. The number of nitro groups is 1. The first kappa shape index (κ1) is 11.6. The van der Waals surface area contributed by atoms with Crippen LogP contribution >= 0.6 is 0 Å². The fourth-order valence-electron chi connectivity index (χ4n) is 1.17. The number of allylic oxidation sites excluding steroid dienone is 1. The minimum Gasteiger partial charge on any atom is -0.298 e. The van der Waals surface area contributed by atoms with Gasteiger partial charge in [0.25, 0.3) is 5.69 Å². The highest BCUT2D eigenvalue weighted by molar-refractivity contribution is 5.82. The van der Waals surface area contributed by atoms with E-state index in [-0.39, 0.29) is 17.7 Å². The van der Waals surface area contributed by atoms with Crippen LogP contribution < -0.4 is 0 Å². The van der Waals surface area contributed by atoms with Crippen LogP contribution in [0.15, 0.2) is 24.3 Å². The van der Waals surface area contributed by atoms with Gasteiger partial charge in [0, 0.05) is 6.07 Å². The number of nitro benzene ring substituents is 1. The maximum absolute atomic E-state index is 10.6. The third-order valence-corrected chi connectivity index (χ3v) is 1.90. The second-order valence-electron chi connectivity index (χ2n) is 2.96. The molecule has 1 rings (SSSR count). The second kappa shape index (κ2) is 5.41. The zero-order chi connectivity index (χ0) is 12.0. The number of hydrogen-bond donors (Lipinski definition) is 0. The van der Waals surface area contributed by atoms with Crippen molar-refractivity contribution in [1.29, 1.82) is 5.26 Å². The number of carbonyl (C=O) groups is 1. The number of carbonyl (C=O) groups excluding carboxylic acids is 1. The molecule has 0 atom stereocenters. The molecule has 0 spiro atoms. The van der Waals surface area contributed by atoms with Crippen molar-refractivity contribution in [2.45, 2.75) is 6.42 Å². The number of nitriles is 1. The van der Waals surface area contributed by atoms with Gasteiger partial charge in [-0.3, -0.25) is 14.9 Å². The Morgan fingerprint density at radius 3 is 2.81 bits per heavy atom. The van der Waals surface area contributed by atoms with Gasteiger partial charge in [0.15, 0.2) is 6.29 Å². The predicted octanol–water partition coefficient (Wildman–Crippen LogP) is 2.33. The van der Waals surface area contributed by atoms with Gasteiger partial charge in [-0.05, 0) is 11.6 Å². The van der Waals surface area contributed by atoms with Crippen LogP contribution in [0, 0.1) is 21.4 Å². The molecule has 0 saturated heterocycles. The van der Waals surface area contributed by atoms with Crippen molar-refractivity contribution in [3.8, 4) is 6.07 Å². The average molecular weight is 216 g/mol. The Labute approximate surface area is 91.8 Å². The fourth-order valence-corrected chi connectivity index (χ4v) is 1.17. The van der Waals surface area contributed by atoms with Crippen LogP contribution in [0.5, 0.6) is 0 Å². The van der Waals surface area contributed by atoms with Crippen molar-refractivity contribution >= 4 is 18.0 Å². The van der Waals surface area contributed by atoms with Crippen LogP contribution in [-0.4, -0.2) is 11.2 Å². The number of benzene rings is 1. The van der Waals surface area contributed by atoms with Crippen LogP contribution in [0.2, 0.25) is 0 Å². The topological polar surface area (TPSA) is 84.0 Å². The van der Waals surface area contributed by atoms with Crippen LogP contribution in [0.4, 0.5) is 5.69 Å². The zero-order valence-electron chi connectivity index (χ0n) is 8.29. The maximum Gasteiger partial charge on any atom is 0.280 e. The van der Waals surface area contributed by atoms with Crippen molar-refractivity contribution in [3.05, 3.63) is 45.5 Å². The third kappa shape index (κ3) is 2.75. The maximum atomic E-state index is 10.6. The number of hydrogen-bond acceptors (Lipinski definition) is 4. The van der Waals surface area contributed by atoms with Gasteiger partial charge in [-0.2, -0.15) is 5.26 Å². The van der Waals surface area contributed by atoms with Crippen molar-refractivity contribution in [2.75, 3.05) is 0 Å². The molecule has 0 N–H and O–H groups in total. The van der Waals surface area contributed by atoms with E-state index in [9.17, 15) is 14.9 Å². The Morgan fingerprint density at radius 1 is 1.50 bits per heavy atom. The molecule has 5 nitrogen and oxygen atoms in total. The van der Waals surface area contributed by atoms with Crippen molar-refractivity contribution < 1.29 is 9.72 Å². The summed E-state index contributed by atoms with van der Waals surface area (Å²) >= 11 is 0. The van der Waals surface area contributed by atoms with E-state index in [1.165, 1.54) is 12.1 Å². The average Bonchev–Trinajstić information content (AvgIpc) is 2.29. The van der Waals surface area contributed by atoms with E-state index in [1.54, 1.807) is 18.2 Å². The molecule has 16 heavy (non-hydrogen) atoms. The summed E-state index contributed by atoms with van der Waals surface area (Å²) in [5, 5.41) is 18.9. The molecule has 0 radical (unpaired) electrons. The summed E-state index contributed by atoms with van der Waals surface area (Å²) in [6, 6.07) is 6.20. The van der Waals surface area contributed by atoms with E-state index in [0.29, 0.717) is 11.8 Å². The van der Waals surface area contributed by atoms with E-state index in [1.807, 2.05) is 6.07 Å². The van der Waals surface area contributed by atoms with Gasteiger partial charge in [-0.15, -0.1) is 0 Å². The van der Waals surface area contributed by atoms with Gasteiger partial charge < -0.3 is 0 Å². The molecule has 5 heteroatoms. The van der Waals surface area contributed by atoms with E-state index in [4.69, 9.17) is 5.26 Å². The second-order valence-corrected chi connectivity index (χ2v) is 2.96. The standard InChI is InChI=1S/C11H8N2O3/c12-6-2-1-3-9-4-5-10(8-14)11(7-9)13(15)16/h1,3-5,7-8H,2H2. The van der Waals surface area contributed by atoms with Gasteiger partial charge in [0.2, 0.25) is 0 Å². The van der Waals surface area contributed by atoms with Gasteiger partial charge in [0.1, 0.15) is 0 Å². The monoisotopic (exact) mass is 216 g/mol. The number of aldehydes is 1. The Balaban J connectivity index is 3.08. The summed E-state index contributed by atoms with van der Waals surface area (Å²) in [4.78, 5) is 20.6. The molecule has 0 aliphatic heterocycles. The zero-order valence-corrected chi connectivity index (χ0v) is 8.29. The molecule has 0 heterocycles. The van der Waals surface area contributed by atoms with Crippen molar-refractivity contribution in [2.24, 2.45) is 0 Å².